The van der Waals surface area contributed by atoms with E-state index >= 15 is 0 Å². The molecule has 5 rings (SSSR count). The summed E-state index contributed by atoms with van der Waals surface area (Å²) in [5.74, 6) is 0.216. The van der Waals surface area contributed by atoms with Gasteiger partial charge in [-0.3, -0.25) is 14.3 Å². The van der Waals surface area contributed by atoms with Gasteiger partial charge < -0.3 is 5.11 Å². The molecule has 1 N–H and O–H groups in total. The molecule has 11 nitrogen and oxygen atoms in total. The second-order valence-electron chi connectivity index (χ2n) is 8.86. The number of aromatic nitrogens is 6. The van der Waals surface area contributed by atoms with Crippen LogP contribution in [0.2, 0.25) is 0 Å². The molecule has 1 saturated heterocycles. The molecule has 0 spiro atoms. The third-order valence-corrected chi connectivity index (χ3v) is 7.95. The van der Waals surface area contributed by atoms with Crippen LogP contribution in [-0.2, 0) is 15.6 Å². The quantitative estimate of drug-likeness (QED) is 0.343. The van der Waals surface area contributed by atoms with Crippen molar-refractivity contribution >= 4 is 32.5 Å². The Morgan fingerprint density at radius 1 is 1.31 bits per heavy atom. The van der Waals surface area contributed by atoms with Crippen LogP contribution in [0.5, 0.6) is 0 Å². The molecule has 0 amide bonds. The molecular formula is C23H23ClN8O3S. The van der Waals surface area contributed by atoms with Crippen LogP contribution < -0.4 is 0 Å². The Balaban J connectivity index is 1.56. The molecule has 4 aromatic rings. The molecule has 5 heterocycles. The van der Waals surface area contributed by atoms with Gasteiger partial charge in [0.05, 0.1) is 48.8 Å². The summed E-state index contributed by atoms with van der Waals surface area (Å²) in [7, 11) is -3.35. The van der Waals surface area contributed by atoms with Crippen molar-refractivity contribution in [3.8, 4) is 28.7 Å². The zero-order valence-electron chi connectivity index (χ0n) is 19.4. The summed E-state index contributed by atoms with van der Waals surface area (Å²) < 4.78 is 28.5. The van der Waals surface area contributed by atoms with Gasteiger partial charge in [0.25, 0.3) is 0 Å². The zero-order chi connectivity index (χ0) is 25.5. The lowest BCUT2D eigenvalue weighted by Crippen LogP contribution is -2.63. The van der Waals surface area contributed by atoms with Crippen LogP contribution in [0.3, 0.4) is 0 Å². The summed E-state index contributed by atoms with van der Waals surface area (Å²) in [6.07, 6.45) is 8.17. The van der Waals surface area contributed by atoms with Crippen LogP contribution in [0.25, 0.3) is 33.5 Å². The number of aliphatic hydroxyl groups excluding tert-OH is 1. The van der Waals surface area contributed by atoms with Gasteiger partial charge in [0, 0.05) is 48.5 Å². The van der Waals surface area contributed by atoms with Crippen molar-refractivity contribution in [3.05, 3.63) is 49.1 Å². The Bertz CT molecular complexity index is 1570. The van der Waals surface area contributed by atoms with E-state index in [0.717, 1.165) is 22.7 Å². The molecule has 1 aliphatic heterocycles. The Morgan fingerprint density at radius 2 is 2.11 bits per heavy atom. The fourth-order valence-electron chi connectivity index (χ4n) is 4.34. The predicted molar refractivity (Wildman–Crippen MR) is 133 cm³/mol. The first kappa shape index (κ1) is 24.3. The van der Waals surface area contributed by atoms with Crippen LogP contribution in [0, 0.1) is 11.3 Å². The van der Waals surface area contributed by atoms with Gasteiger partial charge in [0.1, 0.15) is 16.9 Å². The molecule has 0 aromatic carbocycles. The highest BCUT2D eigenvalue weighted by Crippen LogP contribution is 2.36. The van der Waals surface area contributed by atoms with Crippen molar-refractivity contribution in [1.29, 1.82) is 5.26 Å². The van der Waals surface area contributed by atoms with E-state index in [-0.39, 0.29) is 38.0 Å². The van der Waals surface area contributed by atoms with Gasteiger partial charge in [-0.1, -0.05) is 0 Å². The van der Waals surface area contributed by atoms with Gasteiger partial charge in [-0.2, -0.15) is 19.8 Å². The van der Waals surface area contributed by atoms with Crippen molar-refractivity contribution < 1.29 is 13.5 Å². The standard InChI is InChI=1S/C23H23ClN8O3S/c1-36(34,35)30-14-23(15-30,5-6-25)32-8-4-19(29-32)22-18-3-2-7-26-21(18)9-20(28-22)16-11-27-31(12-16)17(10-24)13-33/h2-4,7-9,11-12,17,33H,5,10,13-15H2,1H3. The lowest BCUT2D eigenvalue weighted by atomic mass is 9.89. The molecule has 1 unspecified atom stereocenters. The lowest BCUT2D eigenvalue weighted by molar-refractivity contribution is 0.0726. The number of hydrogen-bond acceptors (Lipinski definition) is 8. The van der Waals surface area contributed by atoms with Crippen LogP contribution in [0.15, 0.2) is 49.1 Å². The maximum atomic E-state index is 11.9. The lowest BCUT2D eigenvalue weighted by Gasteiger charge is -2.47. The molecule has 1 aliphatic rings. The van der Waals surface area contributed by atoms with Gasteiger partial charge in [0.15, 0.2) is 0 Å². The average Bonchev–Trinajstić information content (AvgIpc) is 3.51. The maximum Gasteiger partial charge on any atom is 0.211 e. The number of alkyl halides is 1. The Morgan fingerprint density at radius 3 is 2.81 bits per heavy atom. The largest absolute Gasteiger partial charge is 0.394 e. The minimum atomic E-state index is -3.35. The van der Waals surface area contributed by atoms with Crippen molar-refractivity contribution in [1.82, 2.24) is 33.8 Å². The molecule has 4 aromatic heterocycles. The number of aliphatic hydroxyl groups is 1. The molecule has 186 valence electrons. The molecule has 0 bridgehead atoms. The first-order valence-corrected chi connectivity index (χ1v) is 13.5. The maximum absolute atomic E-state index is 11.9. The highest BCUT2D eigenvalue weighted by molar-refractivity contribution is 7.88. The molecule has 13 heteroatoms. The summed E-state index contributed by atoms with van der Waals surface area (Å²) in [4.78, 5) is 9.37. The smallest absolute Gasteiger partial charge is 0.211 e. The van der Waals surface area contributed by atoms with Crippen LogP contribution in [0.4, 0.5) is 0 Å². The Hall–Kier alpha value is -3.37. The van der Waals surface area contributed by atoms with E-state index in [4.69, 9.17) is 21.7 Å². The molecule has 1 atom stereocenters. The predicted octanol–water partition coefficient (Wildman–Crippen LogP) is 2.01. The number of fused-ring (bicyclic) bond motifs is 1. The SMILES string of the molecule is CS(=O)(=O)N1CC(CC#N)(n2ccc(-c3nc(-c4cnn(C(CO)CCl)c4)cc4ncccc34)n2)C1. The molecule has 0 aliphatic carbocycles. The van der Waals surface area contributed by atoms with E-state index in [1.54, 1.807) is 40.2 Å². The summed E-state index contributed by atoms with van der Waals surface area (Å²) in [6.45, 7) is 0.228. The molecule has 36 heavy (non-hydrogen) atoms. The Kier molecular flexibility index (Phi) is 6.25. The minimum absolute atomic E-state index is 0.127. The van der Waals surface area contributed by atoms with Crippen molar-refractivity contribution in [3.63, 3.8) is 0 Å². The van der Waals surface area contributed by atoms with E-state index in [0.29, 0.717) is 17.1 Å². The van der Waals surface area contributed by atoms with Crippen molar-refractivity contribution in [2.45, 2.75) is 18.0 Å². The second-order valence-corrected chi connectivity index (χ2v) is 11.2. The van der Waals surface area contributed by atoms with E-state index < -0.39 is 15.6 Å². The van der Waals surface area contributed by atoms with Gasteiger partial charge in [-0.25, -0.2) is 13.4 Å². The van der Waals surface area contributed by atoms with Gasteiger partial charge in [-0.15, -0.1) is 11.6 Å². The number of hydrogen-bond donors (Lipinski definition) is 1. The van der Waals surface area contributed by atoms with Gasteiger partial charge in [-0.05, 0) is 24.3 Å². The average molecular weight is 527 g/mol. The number of pyridine rings is 2. The van der Waals surface area contributed by atoms with E-state index in [1.807, 2.05) is 18.2 Å². The summed E-state index contributed by atoms with van der Waals surface area (Å²) >= 11 is 5.94. The molecule has 1 fully saturated rings. The van der Waals surface area contributed by atoms with Crippen LogP contribution in [0.1, 0.15) is 12.5 Å². The number of sulfonamides is 1. The molecule has 0 radical (unpaired) electrons. The van der Waals surface area contributed by atoms with Gasteiger partial charge >= 0.3 is 0 Å². The first-order chi connectivity index (χ1) is 17.3. The number of halogens is 1. The molecular weight excluding hydrogens is 504 g/mol. The number of rotatable bonds is 8. The summed E-state index contributed by atoms with van der Waals surface area (Å²) in [5, 5.41) is 28.8. The fraction of sp³-hybridized carbons (Fsp3) is 0.348. The van der Waals surface area contributed by atoms with Crippen LogP contribution >= 0.6 is 11.6 Å². The Labute approximate surface area is 212 Å². The summed E-state index contributed by atoms with van der Waals surface area (Å²) in [6, 6.07) is 9.21. The van der Waals surface area contributed by atoms with E-state index in [9.17, 15) is 18.8 Å². The van der Waals surface area contributed by atoms with Crippen LogP contribution in [-0.4, -0.2) is 79.2 Å². The summed E-state index contributed by atoms with van der Waals surface area (Å²) in [5.41, 5.74) is 2.52. The minimum Gasteiger partial charge on any atom is -0.394 e. The van der Waals surface area contributed by atoms with Crippen molar-refractivity contribution in [2.24, 2.45) is 0 Å². The third kappa shape index (κ3) is 4.24. The highest BCUT2D eigenvalue weighted by atomic mass is 35.5. The zero-order valence-corrected chi connectivity index (χ0v) is 20.9. The normalized spacial score (nSPS) is 16.5. The number of nitriles is 1. The highest BCUT2D eigenvalue weighted by Gasteiger charge is 2.49. The van der Waals surface area contributed by atoms with E-state index in [1.165, 1.54) is 4.31 Å². The monoisotopic (exact) mass is 526 g/mol. The number of nitrogens with zero attached hydrogens (tertiary/aromatic N) is 8. The van der Waals surface area contributed by atoms with Gasteiger partial charge in [0.2, 0.25) is 10.0 Å². The van der Waals surface area contributed by atoms with Crippen molar-refractivity contribution in [2.75, 3.05) is 31.8 Å². The fourth-order valence-corrected chi connectivity index (χ4v) is 5.52. The molecule has 0 saturated carbocycles. The third-order valence-electron chi connectivity index (χ3n) is 6.40. The first-order valence-electron chi connectivity index (χ1n) is 11.1. The topological polar surface area (TPSA) is 143 Å². The second kappa shape index (κ2) is 9.25. The van der Waals surface area contributed by atoms with E-state index in [2.05, 4.69) is 16.2 Å².